The van der Waals surface area contributed by atoms with Gasteiger partial charge in [0.2, 0.25) is 0 Å². The maximum atomic E-state index is 12.9. The van der Waals surface area contributed by atoms with Gasteiger partial charge in [0.25, 0.3) is 0 Å². The summed E-state index contributed by atoms with van der Waals surface area (Å²) in [5, 5.41) is 0. The molecule has 0 bridgehead atoms. The van der Waals surface area contributed by atoms with Gasteiger partial charge < -0.3 is 14.2 Å². The van der Waals surface area contributed by atoms with Gasteiger partial charge in [-0.3, -0.25) is 14.4 Å². The summed E-state index contributed by atoms with van der Waals surface area (Å²) in [6, 6.07) is 0. The predicted molar refractivity (Wildman–Crippen MR) is 321 cm³/mol. The molecule has 0 saturated heterocycles. The molecule has 0 amide bonds. The van der Waals surface area contributed by atoms with E-state index in [4.69, 9.17) is 14.2 Å². The van der Waals surface area contributed by atoms with Crippen molar-refractivity contribution in [1.82, 2.24) is 0 Å². The highest BCUT2D eigenvalue weighted by Gasteiger charge is 2.19. The van der Waals surface area contributed by atoms with Crippen LogP contribution in [0, 0.1) is 0 Å². The van der Waals surface area contributed by atoms with Crippen LogP contribution in [0.5, 0.6) is 0 Å². The molecule has 0 aliphatic heterocycles. The van der Waals surface area contributed by atoms with E-state index in [-0.39, 0.29) is 31.1 Å². The zero-order valence-electron chi connectivity index (χ0n) is 49.1. The molecular weight excluding hydrogens is 913 g/mol. The molecule has 0 aromatic heterocycles. The number of esters is 3. The summed E-state index contributed by atoms with van der Waals surface area (Å²) in [5.41, 5.74) is 0. The Labute approximate surface area is 459 Å². The van der Waals surface area contributed by atoms with E-state index >= 15 is 0 Å². The van der Waals surface area contributed by atoms with E-state index < -0.39 is 6.10 Å². The lowest BCUT2D eigenvalue weighted by atomic mass is 10.0. The Morgan fingerprint density at radius 3 is 0.892 bits per heavy atom. The number of allylic oxidation sites excluding steroid dienone is 12. The van der Waals surface area contributed by atoms with Crippen molar-refractivity contribution < 1.29 is 28.6 Å². The molecule has 0 fully saturated rings. The van der Waals surface area contributed by atoms with E-state index in [1.807, 2.05) is 0 Å². The molecule has 1 unspecified atom stereocenters. The van der Waals surface area contributed by atoms with Crippen LogP contribution in [0.4, 0.5) is 0 Å². The number of rotatable bonds is 58. The highest BCUT2D eigenvalue weighted by molar-refractivity contribution is 5.71. The Morgan fingerprint density at radius 1 is 0.284 bits per heavy atom. The van der Waals surface area contributed by atoms with Crippen molar-refractivity contribution in [2.24, 2.45) is 0 Å². The highest BCUT2D eigenvalue weighted by atomic mass is 16.6. The Balaban J connectivity index is 4.16. The maximum Gasteiger partial charge on any atom is 0.306 e. The van der Waals surface area contributed by atoms with E-state index in [1.165, 1.54) is 173 Å². The Kier molecular flexibility index (Phi) is 59.7. The zero-order chi connectivity index (χ0) is 53.6. The first-order chi connectivity index (χ1) is 36.5. The highest BCUT2D eigenvalue weighted by Crippen LogP contribution is 2.17. The number of carbonyl (C=O) groups excluding carboxylic acids is 3. The molecule has 1 atom stereocenters. The minimum atomic E-state index is -0.791. The van der Waals surface area contributed by atoms with Crippen molar-refractivity contribution in [3.8, 4) is 0 Å². The third-order valence-corrected chi connectivity index (χ3v) is 13.9. The fraction of sp³-hybridized carbons (Fsp3) is 0.779. The smallest absolute Gasteiger partial charge is 0.306 e. The van der Waals surface area contributed by atoms with Gasteiger partial charge in [0, 0.05) is 19.3 Å². The summed E-state index contributed by atoms with van der Waals surface area (Å²) in [5.74, 6) is -0.910. The van der Waals surface area contributed by atoms with E-state index in [9.17, 15) is 14.4 Å². The van der Waals surface area contributed by atoms with Crippen LogP contribution in [0.2, 0.25) is 0 Å². The Hall–Kier alpha value is -3.15. The molecule has 428 valence electrons. The summed E-state index contributed by atoms with van der Waals surface area (Å²) in [4.78, 5) is 38.2. The lowest BCUT2D eigenvalue weighted by molar-refractivity contribution is -0.167. The van der Waals surface area contributed by atoms with E-state index in [0.717, 1.165) is 109 Å². The molecule has 0 heterocycles. The van der Waals surface area contributed by atoms with E-state index in [2.05, 4.69) is 93.7 Å². The second kappa shape index (κ2) is 62.4. The number of ether oxygens (including phenoxy) is 3. The molecule has 0 aliphatic carbocycles. The summed E-state index contributed by atoms with van der Waals surface area (Å²) < 4.78 is 16.8. The maximum absolute atomic E-state index is 12.9. The first-order valence-corrected chi connectivity index (χ1v) is 31.9. The minimum Gasteiger partial charge on any atom is -0.462 e. The van der Waals surface area contributed by atoms with Gasteiger partial charge in [0.1, 0.15) is 13.2 Å². The molecule has 0 aliphatic rings. The minimum absolute atomic E-state index is 0.0862. The van der Waals surface area contributed by atoms with E-state index in [1.54, 1.807) is 0 Å². The first kappa shape index (κ1) is 70.8. The summed E-state index contributed by atoms with van der Waals surface area (Å²) >= 11 is 0. The Bertz CT molecular complexity index is 1370. The molecule has 0 N–H and O–H groups in total. The van der Waals surface area contributed by atoms with Crippen molar-refractivity contribution in [3.63, 3.8) is 0 Å². The quantitative estimate of drug-likeness (QED) is 0.0261. The van der Waals surface area contributed by atoms with Crippen LogP contribution in [0.15, 0.2) is 72.9 Å². The van der Waals surface area contributed by atoms with Crippen molar-refractivity contribution in [1.29, 1.82) is 0 Å². The fourth-order valence-corrected chi connectivity index (χ4v) is 9.14. The number of unbranched alkanes of at least 4 members (excludes halogenated alkanes) is 35. The molecule has 6 nitrogen and oxygen atoms in total. The molecule has 74 heavy (non-hydrogen) atoms. The van der Waals surface area contributed by atoms with Gasteiger partial charge in [-0.1, -0.05) is 273 Å². The molecular formula is C68H120O6. The lowest BCUT2D eigenvalue weighted by Gasteiger charge is -2.18. The molecule has 0 saturated carbocycles. The number of carbonyl (C=O) groups is 3. The van der Waals surface area contributed by atoms with Gasteiger partial charge in [0.05, 0.1) is 0 Å². The second-order valence-corrected chi connectivity index (χ2v) is 21.3. The third kappa shape index (κ3) is 59.7. The standard InChI is InChI=1S/C68H120O6/c1-4-7-10-13-16-19-22-24-26-28-29-30-31-32-33-34-35-36-37-38-39-41-42-44-46-49-52-55-58-61-67(70)73-64-65(63-72-66(69)60-57-54-51-48-21-18-15-12-9-6-3)74-68(71)62-59-56-53-50-47-45-43-40-27-25-23-20-17-14-11-8-5-2/h8,11-12,15,17,20,25,27-29,43,45,65H,4-7,9-10,13-14,16,18-19,21-24,26,30-42,44,46-64H2,1-3H3/b11-8-,15-12-,20-17-,27-25-,29-28-,45-43-. The molecule has 0 aromatic carbocycles. The summed E-state index contributed by atoms with van der Waals surface area (Å²) in [6.45, 7) is 6.47. The SMILES string of the molecule is CC/C=C\C/C=C\C/C=C\C/C=C\CCCCCCC(=O)OC(COC(=O)CCCCCCC/C=C\CCC)COC(=O)CCCCCCCCCCCCCCCCCCC/C=C\CCCCCCCCCC. The Morgan fingerprint density at radius 2 is 0.554 bits per heavy atom. The second-order valence-electron chi connectivity index (χ2n) is 21.3. The normalized spacial score (nSPS) is 12.5. The van der Waals surface area contributed by atoms with Gasteiger partial charge in [0.15, 0.2) is 6.10 Å². The van der Waals surface area contributed by atoms with Crippen LogP contribution in [0.1, 0.15) is 323 Å². The monoisotopic (exact) mass is 1030 g/mol. The molecule has 0 radical (unpaired) electrons. The van der Waals surface area contributed by atoms with Gasteiger partial charge in [-0.05, 0) is 103 Å². The van der Waals surface area contributed by atoms with Crippen LogP contribution in [0.3, 0.4) is 0 Å². The number of hydrogen-bond acceptors (Lipinski definition) is 6. The molecule has 0 aromatic rings. The number of hydrogen-bond donors (Lipinski definition) is 0. The van der Waals surface area contributed by atoms with Gasteiger partial charge >= 0.3 is 17.9 Å². The summed E-state index contributed by atoms with van der Waals surface area (Å²) in [7, 11) is 0. The van der Waals surface area contributed by atoms with Gasteiger partial charge in [-0.15, -0.1) is 0 Å². The van der Waals surface area contributed by atoms with Gasteiger partial charge in [-0.2, -0.15) is 0 Å². The van der Waals surface area contributed by atoms with E-state index in [0.29, 0.717) is 19.3 Å². The lowest BCUT2D eigenvalue weighted by Crippen LogP contribution is -2.30. The molecule has 0 rings (SSSR count). The largest absolute Gasteiger partial charge is 0.462 e. The molecule has 0 spiro atoms. The molecule has 6 heteroatoms. The van der Waals surface area contributed by atoms with Gasteiger partial charge in [-0.25, -0.2) is 0 Å². The third-order valence-electron chi connectivity index (χ3n) is 13.9. The van der Waals surface area contributed by atoms with Crippen LogP contribution < -0.4 is 0 Å². The first-order valence-electron chi connectivity index (χ1n) is 31.9. The average Bonchev–Trinajstić information content (AvgIpc) is 3.40. The summed E-state index contributed by atoms with van der Waals surface area (Å²) in [6.07, 6.45) is 80.8. The van der Waals surface area contributed by atoms with Crippen LogP contribution >= 0.6 is 0 Å². The van der Waals surface area contributed by atoms with Crippen LogP contribution in [0.25, 0.3) is 0 Å². The average molecular weight is 1030 g/mol. The van der Waals surface area contributed by atoms with Crippen molar-refractivity contribution in [3.05, 3.63) is 72.9 Å². The van der Waals surface area contributed by atoms with Crippen molar-refractivity contribution >= 4 is 17.9 Å². The zero-order valence-corrected chi connectivity index (χ0v) is 49.1. The van der Waals surface area contributed by atoms with Crippen molar-refractivity contribution in [2.45, 2.75) is 329 Å². The fourth-order valence-electron chi connectivity index (χ4n) is 9.14. The van der Waals surface area contributed by atoms with Crippen LogP contribution in [-0.2, 0) is 28.6 Å². The van der Waals surface area contributed by atoms with Crippen molar-refractivity contribution in [2.75, 3.05) is 13.2 Å². The predicted octanol–water partition coefficient (Wildman–Crippen LogP) is 21.7. The topological polar surface area (TPSA) is 78.9 Å². The van der Waals surface area contributed by atoms with Crippen LogP contribution in [-0.4, -0.2) is 37.2 Å².